The van der Waals surface area contributed by atoms with E-state index in [4.69, 9.17) is 9.84 Å². The number of fused-ring (bicyclic) bond motifs is 3. The van der Waals surface area contributed by atoms with Crippen LogP contribution in [0.5, 0.6) is 0 Å². The van der Waals surface area contributed by atoms with Gasteiger partial charge in [0.05, 0.1) is 0 Å². The van der Waals surface area contributed by atoms with Crippen molar-refractivity contribution in [2.45, 2.75) is 68.9 Å². The van der Waals surface area contributed by atoms with E-state index in [9.17, 15) is 14.4 Å². The molecule has 0 bridgehead atoms. The number of carbonyl (C=O) groups is 3. The number of carboxylic acids is 1. The van der Waals surface area contributed by atoms with Gasteiger partial charge in [0.15, 0.2) is 0 Å². The molecule has 184 valence electrons. The first-order valence-corrected chi connectivity index (χ1v) is 12.6. The molecule has 0 saturated heterocycles. The Morgan fingerprint density at radius 3 is 2.20 bits per heavy atom. The second-order valence-electron chi connectivity index (χ2n) is 10.1. The number of ether oxygens (including phenoxy) is 1. The highest BCUT2D eigenvalue weighted by Gasteiger charge is 2.52. The number of hydrogen-bond donors (Lipinski definition) is 3. The predicted molar refractivity (Wildman–Crippen MR) is 131 cm³/mol. The summed E-state index contributed by atoms with van der Waals surface area (Å²) in [5.41, 5.74) is 3.70. The second-order valence-corrected chi connectivity index (χ2v) is 10.1. The van der Waals surface area contributed by atoms with Gasteiger partial charge in [-0.3, -0.25) is 9.59 Å². The number of carboxylic acid groups (broad SMARTS) is 1. The van der Waals surface area contributed by atoms with Crippen molar-refractivity contribution in [2.24, 2.45) is 5.92 Å². The van der Waals surface area contributed by atoms with Gasteiger partial charge in [0, 0.05) is 18.4 Å². The van der Waals surface area contributed by atoms with E-state index in [1.807, 2.05) is 24.3 Å². The molecule has 2 fully saturated rings. The van der Waals surface area contributed by atoms with Crippen molar-refractivity contribution in [3.8, 4) is 11.1 Å². The van der Waals surface area contributed by atoms with E-state index >= 15 is 0 Å². The van der Waals surface area contributed by atoms with Crippen LogP contribution in [0.1, 0.15) is 68.4 Å². The number of carbonyl (C=O) groups excluding carboxylic acids is 2. The molecule has 0 aliphatic heterocycles. The number of amides is 2. The van der Waals surface area contributed by atoms with E-state index in [2.05, 4.69) is 34.9 Å². The number of hydrogen-bond acceptors (Lipinski definition) is 4. The second kappa shape index (κ2) is 9.72. The summed E-state index contributed by atoms with van der Waals surface area (Å²) in [6.07, 6.45) is 5.09. The molecular formula is C28H32N2O5. The van der Waals surface area contributed by atoms with Gasteiger partial charge in [-0.25, -0.2) is 4.79 Å². The van der Waals surface area contributed by atoms with Crippen LogP contribution in [0.2, 0.25) is 0 Å². The van der Waals surface area contributed by atoms with E-state index in [0.29, 0.717) is 19.3 Å². The first kappa shape index (κ1) is 23.4. The summed E-state index contributed by atoms with van der Waals surface area (Å²) >= 11 is 0. The molecule has 0 radical (unpaired) electrons. The molecule has 3 aliphatic carbocycles. The van der Waals surface area contributed by atoms with Crippen molar-refractivity contribution in [2.75, 3.05) is 6.61 Å². The fourth-order valence-electron chi connectivity index (χ4n) is 5.72. The van der Waals surface area contributed by atoms with Gasteiger partial charge < -0.3 is 20.5 Å². The first-order valence-electron chi connectivity index (χ1n) is 12.6. The molecule has 7 heteroatoms. The molecule has 2 atom stereocenters. The normalized spacial score (nSPS) is 21.9. The SMILES string of the molecule is O=C(O)CCC1CCCCC1NC(=O)C1(NC(=O)OCC2c3ccccc3-c3ccccc32)CC1. The maximum absolute atomic E-state index is 13.1. The fourth-order valence-corrected chi connectivity index (χ4v) is 5.72. The summed E-state index contributed by atoms with van der Waals surface area (Å²) in [6, 6.07) is 16.3. The van der Waals surface area contributed by atoms with Crippen LogP contribution in [0.4, 0.5) is 4.79 Å². The molecule has 2 saturated carbocycles. The maximum atomic E-state index is 13.1. The van der Waals surface area contributed by atoms with Crippen LogP contribution in [-0.2, 0) is 14.3 Å². The highest BCUT2D eigenvalue weighted by molar-refractivity contribution is 5.93. The maximum Gasteiger partial charge on any atom is 0.408 e. The van der Waals surface area contributed by atoms with Gasteiger partial charge in [-0.05, 0) is 60.3 Å². The minimum Gasteiger partial charge on any atom is -0.481 e. The minimum atomic E-state index is -0.919. The number of benzene rings is 2. The summed E-state index contributed by atoms with van der Waals surface area (Å²) < 4.78 is 5.65. The van der Waals surface area contributed by atoms with Crippen molar-refractivity contribution >= 4 is 18.0 Å². The highest BCUT2D eigenvalue weighted by atomic mass is 16.5. The van der Waals surface area contributed by atoms with Crippen LogP contribution in [0.15, 0.2) is 48.5 Å². The van der Waals surface area contributed by atoms with E-state index in [-0.39, 0.29) is 36.8 Å². The van der Waals surface area contributed by atoms with Gasteiger partial charge in [0.2, 0.25) is 5.91 Å². The van der Waals surface area contributed by atoms with E-state index in [1.165, 1.54) is 11.1 Å². The summed E-state index contributed by atoms with van der Waals surface area (Å²) in [6.45, 7) is 0.206. The third kappa shape index (κ3) is 4.90. The quantitative estimate of drug-likeness (QED) is 0.517. The van der Waals surface area contributed by atoms with Gasteiger partial charge in [-0.15, -0.1) is 0 Å². The summed E-state index contributed by atoms with van der Waals surface area (Å²) in [5, 5.41) is 15.0. The molecule has 2 amide bonds. The Balaban J connectivity index is 1.18. The Kier molecular flexibility index (Phi) is 6.50. The van der Waals surface area contributed by atoms with E-state index < -0.39 is 17.6 Å². The molecule has 2 aromatic carbocycles. The van der Waals surface area contributed by atoms with Crippen LogP contribution >= 0.6 is 0 Å². The fraction of sp³-hybridized carbons (Fsp3) is 0.464. The largest absolute Gasteiger partial charge is 0.481 e. The lowest BCUT2D eigenvalue weighted by molar-refractivity contribution is -0.137. The van der Waals surface area contributed by atoms with Crippen LogP contribution in [0, 0.1) is 5.92 Å². The lowest BCUT2D eigenvalue weighted by Crippen LogP contribution is -2.53. The van der Waals surface area contributed by atoms with Crippen LogP contribution < -0.4 is 10.6 Å². The van der Waals surface area contributed by atoms with Crippen LogP contribution in [-0.4, -0.2) is 41.3 Å². The Morgan fingerprint density at radius 2 is 1.57 bits per heavy atom. The molecule has 0 aromatic heterocycles. The lowest BCUT2D eigenvalue weighted by Gasteiger charge is -2.33. The average Bonchev–Trinajstić information content (AvgIpc) is 3.57. The van der Waals surface area contributed by atoms with Gasteiger partial charge in [0.25, 0.3) is 0 Å². The Morgan fingerprint density at radius 1 is 0.943 bits per heavy atom. The van der Waals surface area contributed by atoms with Crippen molar-refractivity contribution in [3.63, 3.8) is 0 Å². The lowest BCUT2D eigenvalue weighted by atomic mass is 9.81. The molecule has 5 rings (SSSR count). The van der Waals surface area contributed by atoms with E-state index in [0.717, 1.165) is 36.8 Å². The zero-order valence-electron chi connectivity index (χ0n) is 19.8. The predicted octanol–water partition coefficient (Wildman–Crippen LogP) is 4.60. The topological polar surface area (TPSA) is 105 Å². The molecule has 0 heterocycles. The number of aliphatic carboxylic acids is 1. The Labute approximate surface area is 205 Å². The Bertz CT molecular complexity index is 1080. The zero-order chi connectivity index (χ0) is 24.4. The van der Waals surface area contributed by atoms with Crippen molar-refractivity contribution < 1.29 is 24.2 Å². The van der Waals surface area contributed by atoms with Crippen LogP contribution in [0.25, 0.3) is 11.1 Å². The molecule has 3 aliphatic rings. The van der Waals surface area contributed by atoms with Gasteiger partial charge >= 0.3 is 12.1 Å². The minimum absolute atomic E-state index is 0.0330. The first-order chi connectivity index (χ1) is 17.0. The zero-order valence-corrected chi connectivity index (χ0v) is 19.8. The molecule has 35 heavy (non-hydrogen) atoms. The third-order valence-electron chi connectivity index (χ3n) is 7.82. The molecule has 0 spiro atoms. The molecule has 2 unspecified atom stereocenters. The molecular weight excluding hydrogens is 444 g/mol. The van der Waals surface area contributed by atoms with Crippen LogP contribution in [0.3, 0.4) is 0 Å². The number of alkyl carbamates (subject to hydrolysis) is 1. The number of rotatable bonds is 8. The van der Waals surface area contributed by atoms with Gasteiger partial charge in [0.1, 0.15) is 12.1 Å². The molecule has 3 N–H and O–H groups in total. The van der Waals surface area contributed by atoms with Crippen molar-refractivity contribution in [3.05, 3.63) is 59.7 Å². The van der Waals surface area contributed by atoms with Crippen molar-refractivity contribution in [1.82, 2.24) is 10.6 Å². The van der Waals surface area contributed by atoms with Gasteiger partial charge in [-0.2, -0.15) is 0 Å². The summed E-state index contributed by atoms with van der Waals surface area (Å²) in [4.78, 5) is 36.8. The summed E-state index contributed by atoms with van der Waals surface area (Å²) in [5.74, 6) is -0.863. The summed E-state index contributed by atoms with van der Waals surface area (Å²) in [7, 11) is 0. The van der Waals surface area contributed by atoms with Gasteiger partial charge in [-0.1, -0.05) is 61.4 Å². The standard InChI is InChI=1S/C28H32N2O5/c31-25(32)14-13-18-7-1-6-12-24(18)29-26(33)28(15-16-28)30-27(34)35-17-23-21-10-4-2-8-19(21)20-9-3-5-11-22(20)23/h2-5,8-11,18,23-24H,1,6-7,12-17H2,(H,29,33)(H,30,34)(H,31,32). The Hall–Kier alpha value is -3.35. The highest BCUT2D eigenvalue weighted by Crippen LogP contribution is 2.44. The van der Waals surface area contributed by atoms with Crippen molar-refractivity contribution in [1.29, 1.82) is 0 Å². The van der Waals surface area contributed by atoms with E-state index in [1.54, 1.807) is 0 Å². The monoisotopic (exact) mass is 476 g/mol. The number of nitrogens with one attached hydrogen (secondary N) is 2. The molecule has 7 nitrogen and oxygen atoms in total. The molecule has 2 aromatic rings. The average molecular weight is 477 g/mol. The third-order valence-corrected chi connectivity index (χ3v) is 7.82. The smallest absolute Gasteiger partial charge is 0.408 e.